The number of carbonyl (C=O) groups is 1. The SMILES string of the molecule is Cc1cc(C#N)cnc1C(=O)NC1CCC2NNC(c3cccc(C(F)(F)F)c3)C2C1. The molecule has 0 bridgehead atoms. The number of carbonyl (C=O) groups excluding carboxylic acids is 1. The van der Waals surface area contributed by atoms with Gasteiger partial charge in [0.2, 0.25) is 0 Å². The average molecular weight is 429 g/mol. The summed E-state index contributed by atoms with van der Waals surface area (Å²) in [5, 5.41) is 12.0. The van der Waals surface area contributed by atoms with Crippen molar-refractivity contribution in [3.05, 3.63) is 64.5 Å². The fourth-order valence-corrected chi connectivity index (χ4v) is 4.55. The molecule has 162 valence electrons. The molecule has 0 radical (unpaired) electrons. The fourth-order valence-electron chi connectivity index (χ4n) is 4.55. The van der Waals surface area contributed by atoms with E-state index in [1.165, 1.54) is 18.3 Å². The van der Waals surface area contributed by atoms with Gasteiger partial charge in [-0.05, 0) is 61.4 Å². The number of nitrogens with zero attached hydrogens (tertiary/aromatic N) is 2. The summed E-state index contributed by atoms with van der Waals surface area (Å²) in [5.74, 6) is -0.266. The average Bonchev–Trinajstić information content (AvgIpc) is 3.16. The lowest BCUT2D eigenvalue weighted by Crippen LogP contribution is -2.44. The number of aryl methyl sites for hydroxylation is 1. The normalized spacial score (nSPS) is 25.5. The maximum Gasteiger partial charge on any atom is 0.416 e. The Morgan fingerprint density at radius 2 is 2.06 bits per heavy atom. The summed E-state index contributed by atoms with van der Waals surface area (Å²) < 4.78 is 39.4. The van der Waals surface area contributed by atoms with Gasteiger partial charge in [-0.15, -0.1) is 0 Å². The zero-order valence-corrected chi connectivity index (χ0v) is 16.8. The Morgan fingerprint density at radius 1 is 1.26 bits per heavy atom. The van der Waals surface area contributed by atoms with Crippen molar-refractivity contribution in [2.75, 3.05) is 0 Å². The van der Waals surface area contributed by atoms with Crippen LogP contribution in [0.1, 0.15) is 58.0 Å². The zero-order valence-electron chi connectivity index (χ0n) is 16.8. The predicted molar refractivity (Wildman–Crippen MR) is 107 cm³/mol. The van der Waals surface area contributed by atoms with Gasteiger partial charge in [0.25, 0.3) is 5.91 Å². The van der Waals surface area contributed by atoms with Crippen LogP contribution in [0.3, 0.4) is 0 Å². The molecule has 2 fully saturated rings. The van der Waals surface area contributed by atoms with Crippen molar-refractivity contribution in [2.24, 2.45) is 5.92 Å². The molecular weight excluding hydrogens is 407 g/mol. The molecule has 1 saturated heterocycles. The van der Waals surface area contributed by atoms with Gasteiger partial charge >= 0.3 is 6.18 Å². The van der Waals surface area contributed by atoms with Crippen LogP contribution in [0.25, 0.3) is 0 Å². The molecule has 2 aromatic rings. The van der Waals surface area contributed by atoms with E-state index in [4.69, 9.17) is 5.26 Å². The van der Waals surface area contributed by atoms with E-state index in [9.17, 15) is 18.0 Å². The first-order chi connectivity index (χ1) is 14.8. The van der Waals surface area contributed by atoms with Crippen LogP contribution in [-0.4, -0.2) is 23.0 Å². The summed E-state index contributed by atoms with van der Waals surface area (Å²) in [6, 6.07) is 8.74. The van der Waals surface area contributed by atoms with E-state index in [1.54, 1.807) is 19.1 Å². The first-order valence-electron chi connectivity index (χ1n) is 10.1. The monoisotopic (exact) mass is 429 g/mol. The lowest BCUT2D eigenvalue weighted by atomic mass is 9.77. The van der Waals surface area contributed by atoms with Crippen molar-refractivity contribution >= 4 is 5.91 Å². The third-order valence-electron chi connectivity index (χ3n) is 6.08. The number of benzene rings is 1. The van der Waals surface area contributed by atoms with Crippen LogP contribution in [0.5, 0.6) is 0 Å². The van der Waals surface area contributed by atoms with E-state index in [0.717, 1.165) is 18.9 Å². The molecule has 3 N–H and O–H groups in total. The number of nitrogens with one attached hydrogen (secondary N) is 3. The number of aromatic nitrogens is 1. The van der Waals surface area contributed by atoms with Gasteiger partial charge in [0, 0.05) is 18.3 Å². The van der Waals surface area contributed by atoms with Gasteiger partial charge in [-0.25, -0.2) is 10.4 Å². The molecule has 0 spiro atoms. The maximum absolute atomic E-state index is 13.1. The molecule has 2 aliphatic rings. The van der Waals surface area contributed by atoms with Gasteiger partial charge in [-0.2, -0.15) is 18.4 Å². The van der Waals surface area contributed by atoms with Gasteiger partial charge in [-0.3, -0.25) is 10.2 Å². The summed E-state index contributed by atoms with van der Waals surface area (Å²) in [5.41, 5.74) is 7.55. The summed E-state index contributed by atoms with van der Waals surface area (Å²) in [7, 11) is 0. The summed E-state index contributed by atoms with van der Waals surface area (Å²) in [6.07, 6.45) is -0.847. The van der Waals surface area contributed by atoms with E-state index in [1.807, 2.05) is 6.07 Å². The van der Waals surface area contributed by atoms with Gasteiger partial charge < -0.3 is 5.32 Å². The topological polar surface area (TPSA) is 89.8 Å². The van der Waals surface area contributed by atoms with Gasteiger partial charge in [-0.1, -0.05) is 12.1 Å². The molecule has 31 heavy (non-hydrogen) atoms. The molecular formula is C22H22F3N5O. The molecule has 4 rings (SSSR count). The van der Waals surface area contributed by atoms with E-state index < -0.39 is 11.7 Å². The molecule has 1 saturated carbocycles. The van der Waals surface area contributed by atoms with E-state index in [2.05, 4.69) is 21.2 Å². The predicted octanol–water partition coefficient (Wildman–Crippen LogP) is 3.40. The zero-order chi connectivity index (χ0) is 22.2. The summed E-state index contributed by atoms with van der Waals surface area (Å²) >= 11 is 0. The van der Waals surface area contributed by atoms with E-state index in [-0.39, 0.29) is 35.6 Å². The van der Waals surface area contributed by atoms with Crippen LogP contribution in [0.4, 0.5) is 13.2 Å². The number of hydrazine groups is 1. The Labute approximate surface area is 177 Å². The third-order valence-corrected chi connectivity index (χ3v) is 6.08. The van der Waals surface area contributed by atoms with Crippen molar-refractivity contribution < 1.29 is 18.0 Å². The number of hydrogen-bond acceptors (Lipinski definition) is 5. The Hall–Kier alpha value is -2.96. The molecule has 1 aromatic carbocycles. The number of nitriles is 1. The van der Waals surface area contributed by atoms with Crippen LogP contribution in [0.15, 0.2) is 36.5 Å². The second-order valence-corrected chi connectivity index (χ2v) is 8.14. The highest BCUT2D eigenvalue weighted by atomic mass is 19.4. The molecule has 2 heterocycles. The second kappa shape index (κ2) is 8.29. The third kappa shape index (κ3) is 4.40. The van der Waals surface area contributed by atoms with Crippen LogP contribution in [0.2, 0.25) is 0 Å². The van der Waals surface area contributed by atoms with Gasteiger partial charge in [0.05, 0.1) is 17.2 Å². The highest BCUT2D eigenvalue weighted by Crippen LogP contribution is 2.39. The molecule has 4 unspecified atom stereocenters. The standard InChI is InChI=1S/C22H22F3N5O/c1-12-7-13(10-26)11-27-19(12)21(31)28-16-5-6-18-17(9-16)20(30-29-18)14-3-2-4-15(8-14)22(23,24)25/h2-4,7-8,11,16-18,20,29-30H,5-6,9H2,1H3,(H,28,31). The number of halogens is 3. The van der Waals surface area contributed by atoms with E-state index in [0.29, 0.717) is 23.1 Å². The quantitative estimate of drug-likeness (QED) is 0.696. The number of hydrogen-bond donors (Lipinski definition) is 3. The first-order valence-corrected chi connectivity index (χ1v) is 10.1. The lowest BCUT2D eigenvalue weighted by molar-refractivity contribution is -0.137. The smallest absolute Gasteiger partial charge is 0.348 e. The minimum atomic E-state index is -4.39. The molecule has 9 heteroatoms. The van der Waals surface area contributed by atoms with Crippen LogP contribution in [-0.2, 0) is 6.18 Å². The van der Waals surface area contributed by atoms with E-state index >= 15 is 0 Å². The Morgan fingerprint density at radius 3 is 2.77 bits per heavy atom. The molecule has 1 aromatic heterocycles. The second-order valence-electron chi connectivity index (χ2n) is 8.14. The number of rotatable bonds is 3. The number of fused-ring (bicyclic) bond motifs is 1. The number of alkyl halides is 3. The van der Waals surface area contributed by atoms with Gasteiger partial charge in [0.15, 0.2) is 0 Å². The molecule has 1 aliphatic heterocycles. The van der Waals surface area contributed by atoms with Crippen molar-refractivity contribution in [3.63, 3.8) is 0 Å². The fraction of sp³-hybridized carbons (Fsp3) is 0.409. The largest absolute Gasteiger partial charge is 0.416 e. The molecule has 4 atom stereocenters. The van der Waals surface area contributed by atoms with Crippen molar-refractivity contribution in [1.82, 2.24) is 21.2 Å². The Balaban J connectivity index is 1.47. The number of amides is 1. The van der Waals surface area contributed by atoms with Crippen molar-refractivity contribution in [1.29, 1.82) is 5.26 Å². The minimum absolute atomic E-state index is 0.0394. The summed E-state index contributed by atoms with van der Waals surface area (Å²) in [6.45, 7) is 1.73. The molecule has 1 amide bonds. The van der Waals surface area contributed by atoms with Crippen LogP contribution < -0.4 is 16.2 Å². The Kier molecular flexibility index (Phi) is 5.69. The Bertz CT molecular complexity index is 1030. The highest BCUT2D eigenvalue weighted by molar-refractivity contribution is 5.93. The molecule has 1 aliphatic carbocycles. The first kappa shape index (κ1) is 21.3. The number of pyridine rings is 1. The summed E-state index contributed by atoms with van der Waals surface area (Å²) in [4.78, 5) is 16.8. The van der Waals surface area contributed by atoms with Crippen molar-refractivity contribution in [3.8, 4) is 6.07 Å². The highest BCUT2D eigenvalue weighted by Gasteiger charge is 2.42. The maximum atomic E-state index is 13.1. The minimum Gasteiger partial charge on any atom is -0.348 e. The van der Waals surface area contributed by atoms with Crippen LogP contribution in [0, 0.1) is 24.2 Å². The van der Waals surface area contributed by atoms with Crippen LogP contribution >= 0.6 is 0 Å². The molecule has 6 nitrogen and oxygen atoms in total. The van der Waals surface area contributed by atoms with Crippen molar-refractivity contribution in [2.45, 2.75) is 50.5 Å². The van der Waals surface area contributed by atoms with Gasteiger partial charge in [0.1, 0.15) is 11.8 Å². The lowest BCUT2D eigenvalue weighted by Gasteiger charge is -2.33.